The fraction of sp³-hybridized carbons (Fsp3) is 0.156. The van der Waals surface area contributed by atoms with Crippen LogP contribution in [-0.2, 0) is 17.8 Å². The number of hydrogen-bond donors (Lipinski definition) is 3. The van der Waals surface area contributed by atoms with Crippen LogP contribution in [0.15, 0.2) is 103 Å². The number of aliphatic hydroxyl groups excluding tert-OH is 1. The van der Waals surface area contributed by atoms with Gasteiger partial charge in [-0.2, -0.15) is 0 Å². The molecule has 4 aromatic rings. The van der Waals surface area contributed by atoms with Crippen LogP contribution in [0, 0.1) is 0 Å². The molecule has 4 aromatic carbocycles. The molecular weight excluding hydrogens is 496 g/mol. The van der Waals surface area contributed by atoms with Crippen molar-refractivity contribution in [2.75, 3.05) is 6.54 Å². The van der Waals surface area contributed by atoms with Crippen molar-refractivity contribution in [2.45, 2.75) is 25.1 Å². The zero-order chi connectivity index (χ0) is 26.3. The van der Waals surface area contributed by atoms with Gasteiger partial charge in [-0.1, -0.05) is 90.5 Å². The predicted molar refractivity (Wildman–Crippen MR) is 152 cm³/mol. The third kappa shape index (κ3) is 6.32. The van der Waals surface area contributed by atoms with E-state index >= 15 is 0 Å². The topological polar surface area (TPSA) is 70.6 Å². The number of halogens is 1. The summed E-state index contributed by atoms with van der Waals surface area (Å²) in [6.07, 6.45) is 1.50. The number of nitrogens with one attached hydrogen (secondary N) is 2. The highest BCUT2D eigenvalue weighted by atomic mass is 35.5. The quantitative estimate of drug-likeness (QED) is 0.256. The lowest BCUT2D eigenvalue weighted by atomic mass is 9.98. The molecule has 1 amide bonds. The fourth-order valence-electron chi connectivity index (χ4n) is 4.56. The highest BCUT2D eigenvalue weighted by Crippen LogP contribution is 2.37. The molecule has 1 heterocycles. The van der Waals surface area contributed by atoms with Gasteiger partial charge in [0, 0.05) is 29.2 Å². The van der Waals surface area contributed by atoms with Crippen molar-refractivity contribution in [3.05, 3.63) is 130 Å². The van der Waals surface area contributed by atoms with Crippen LogP contribution in [0.2, 0.25) is 5.02 Å². The summed E-state index contributed by atoms with van der Waals surface area (Å²) in [6.45, 7) is 0.849. The summed E-state index contributed by atoms with van der Waals surface area (Å²) >= 11 is 6.10. The van der Waals surface area contributed by atoms with Crippen molar-refractivity contribution in [3.8, 4) is 11.5 Å². The number of carbonyl (C=O) groups is 1. The van der Waals surface area contributed by atoms with Gasteiger partial charge in [-0.25, -0.2) is 0 Å². The van der Waals surface area contributed by atoms with Gasteiger partial charge in [0.25, 0.3) is 5.91 Å². The SMILES string of the molecule is O=C(N[C@@H](Cc1ccccc1)[C@H](O)CNCc1cccc(Cl)c1)C1=Cc2ccccc2Oc2ccccc21. The minimum absolute atomic E-state index is 0.271. The molecule has 2 atom stereocenters. The van der Waals surface area contributed by atoms with Crippen molar-refractivity contribution in [1.29, 1.82) is 0 Å². The first kappa shape index (κ1) is 25.7. The minimum Gasteiger partial charge on any atom is -0.456 e. The van der Waals surface area contributed by atoms with Crippen molar-refractivity contribution >= 4 is 29.2 Å². The second-order valence-corrected chi connectivity index (χ2v) is 9.73. The molecule has 192 valence electrons. The molecule has 5 nitrogen and oxygen atoms in total. The lowest BCUT2D eigenvalue weighted by Gasteiger charge is -2.25. The molecule has 0 radical (unpaired) electrons. The van der Waals surface area contributed by atoms with E-state index in [1.165, 1.54) is 0 Å². The molecule has 1 aliphatic rings. The predicted octanol–water partition coefficient (Wildman–Crippen LogP) is 5.86. The van der Waals surface area contributed by atoms with Gasteiger partial charge in [0.1, 0.15) is 11.5 Å². The molecule has 0 saturated carbocycles. The van der Waals surface area contributed by atoms with E-state index in [2.05, 4.69) is 10.6 Å². The van der Waals surface area contributed by atoms with Crippen LogP contribution in [0.3, 0.4) is 0 Å². The van der Waals surface area contributed by atoms with E-state index in [0.29, 0.717) is 47.2 Å². The highest BCUT2D eigenvalue weighted by Gasteiger charge is 2.26. The van der Waals surface area contributed by atoms with Crippen LogP contribution in [-0.4, -0.2) is 29.7 Å². The number of carbonyl (C=O) groups excluding carboxylic acids is 1. The first-order valence-corrected chi connectivity index (χ1v) is 13.0. The summed E-state index contributed by atoms with van der Waals surface area (Å²) in [5, 5.41) is 18.3. The normalized spacial score (nSPS) is 13.7. The maximum Gasteiger partial charge on any atom is 0.252 e. The summed E-state index contributed by atoms with van der Waals surface area (Å²) in [7, 11) is 0. The molecule has 0 bridgehead atoms. The zero-order valence-corrected chi connectivity index (χ0v) is 21.6. The monoisotopic (exact) mass is 524 g/mol. The summed E-state index contributed by atoms with van der Waals surface area (Å²) in [5.41, 5.74) is 4.05. The largest absolute Gasteiger partial charge is 0.456 e. The van der Waals surface area contributed by atoms with Gasteiger partial charge in [0.05, 0.1) is 17.7 Å². The van der Waals surface area contributed by atoms with Crippen LogP contribution >= 0.6 is 11.6 Å². The number of ether oxygens (including phenoxy) is 1. The molecule has 0 spiro atoms. The Morgan fingerprint density at radius 2 is 1.55 bits per heavy atom. The maximum absolute atomic E-state index is 13.8. The van der Waals surface area contributed by atoms with Gasteiger partial charge in [-0.3, -0.25) is 4.79 Å². The first-order chi connectivity index (χ1) is 18.6. The average molecular weight is 525 g/mol. The molecular formula is C32H29ClN2O3. The second kappa shape index (κ2) is 12.1. The lowest BCUT2D eigenvalue weighted by Crippen LogP contribution is -2.48. The van der Waals surface area contributed by atoms with E-state index in [4.69, 9.17) is 16.3 Å². The molecule has 0 unspecified atom stereocenters. The summed E-state index contributed by atoms with van der Waals surface area (Å²) in [6, 6.07) is 32.0. The smallest absolute Gasteiger partial charge is 0.252 e. The molecule has 0 aliphatic carbocycles. The second-order valence-electron chi connectivity index (χ2n) is 9.29. The Kier molecular flexibility index (Phi) is 8.19. The summed E-state index contributed by atoms with van der Waals surface area (Å²) < 4.78 is 6.13. The van der Waals surface area contributed by atoms with Crippen molar-refractivity contribution < 1.29 is 14.6 Å². The summed E-state index contributed by atoms with van der Waals surface area (Å²) in [4.78, 5) is 13.8. The van der Waals surface area contributed by atoms with E-state index < -0.39 is 12.1 Å². The number of fused-ring (bicyclic) bond motifs is 2. The lowest BCUT2D eigenvalue weighted by molar-refractivity contribution is -0.117. The zero-order valence-electron chi connectivity index (χ0n) is 20.8. The molecule has 1 aliphatic heterocycles. The third-order valence-corrected chi connectivity index (χ3v) is 6.75. The third-order valence-electron chi connectivity index (χ3n) is 6.51. The molecule has 6 heteroatoms. The van der Waals surface area contributed by atoms with Crippen molar-refractivity contribution in [3.63, 3.8) is 0 Å². The highest BCUT2D eigenvalue weighted by molar-refractivity contribution is 6.30. The van der Waals surface area contributed by atoms with Gasteiger partial charge in [-0.05, 0) is 47.9 Å². The van der Waals surface area contributed by atoms with E-state index in [-0.39, 0.29) is 5.91 Å². The average Bonchev–Trinajstić information content (AvgIpc) is 3.10. The molecule has 0 fully saturated rings. The molecule has 0 aromatic heterocycles. The summed E-state index contributed by atoms with van der Waals surface area (Å²) in [5.74, 6) is 1.03. The van der Waals surface area contributed by atoms with Gasteiger partial charge < -0.3 is 20.5 Å². The minimum atomic E-state index is -0.830. The Balaban J connectivity index is 1.37. The number of para-hydroxylation sites is 2. The fourth-order valence-corrected chi connectivity index (χ4v) is 4.77. The molecule has 3 N–H and O–H groups in total. The van der Waals surface area contributed by atoms with Gasteiger partial charge in [0.15, 0.2) is 0 Å². The van der Waals surface area contributed by atoms with Crippen molar-refractivity contribution in [1.82, 2.24) is 10.6 Å². The van der Waals surface area contributed by atoms with Crippen LogP contribution in [0.5, 0.6) is 11.5 Å². The Bertz CT molecular complexity index is 1440. The van der Waals surface area contributed by atoms with Gasteiger partial charge >= 0.3 is 0 Å². The molecule has 38 heavy (non-hydrogen) atoms. The Hall–Kier alpha value is -3.90. The van der Waals surface area contributed by atoms with Crippen LogP contribution in [0.25, 0.3) is 11.6 Å². The Morgan fingerprint density at radius 3 is 2.37 bits per heavy atom. The van der Waals surface area contributed by atoms with E-state index in [0.717, 1.165) is 16.7 Å². The van der Waals surface area contributed by atoms with Crippen LogP contribution in [0.4, 0.5) is 0 Å². The Labute approximate surface area is 227 Å². The standard InChI is InChI=1S/C32H29ClN2O3/c33-25-13-8-11-23(17-25)20-34-21-29(36)28(18-22-9-2-1-3-10-22)35-32(37)27-19-24-12-4-6-15-30(24)38-31-16-7-5-14-26(27)31/h1-17,19,28-29,34,36H,18,20-21H2,(H,35,37)/t28-,29+/m0/s1. The van der Waals surface area contributed by atoms with E-state index in [9.17, 15) is 9.90 Å². The van der Waals surface area contributed by atoms with Crippen LogP contribution in [0.1, 0.15) is 22.3 Å². The van der Waals surface area contributed by atoms with E-state index in [1.54, 1.807) is 0 Å². The van der Waals surface area contributed by atoms with Gasteiger partial charge in [-0.15, -0.1) is 0 Å². The number of amides is 1. The molecule has 5 rings (SSSR count). The number of rotatable bonds is 9. The Morgan fingerprint density at radius 1 is 0.842 bits per heavy atom. The van der Waals surface area contributed by atoms with Gasteiger partial charge in [0.2, 0.25) is 0 Å². The van der Waals surface area contributed by atoms with E-state index in [1.807, 2.05) is 109 Å². The number of hydrogen-bond acceptors (Lipinski definition) is 4. The number of benzene rings is 4. The molecule has 0 saturated heterocycles. The van der Waals surface area contributed by atoms with Crippen LogP contribution < -0.4 is 15.4 Å². The van der Waals surface area contributed by atoms with Crippen molar-refractivity contribution in [2.24, 2.45) is 0 Å². The number of aliphatic hydroxyl groups is 1. The first-order valence-electron chi connectivity index (χ1n) is 12.6. The maximum atomic E-state index is 13.8.